The quantitative estimate of drug-likeness (QED) is 0.632. The minimum Gasteiger partial charge on any atom is -0.0654 e. The highest BCUT2D eigenvalue weighted by atomic mass is 28.3. The summed E-state index contributed by atoms with van der Waals surface area (Å²) in [4.78, 5) is 0. The lowest BCUT2D eigenvalue weighted by Crippen LogP contribution is -2.40. The SMILES string of the molecule is Cc1ccc(C(C)C)c2c1CC[Si]2(C)C. The van der Waals surface area contributed by atoms with Crippen LogP contribution in [-0.4, -0.2) is 8.07 Å². The molecule has 0 aliphatic carbocycles. The van der Waals surface area contributed by atoms with Crippen LogP contribution < -0.4 is 5.19 Å². The van der Waals surface area contributed by atoms with Crippen molar-refractivity contribution in [2.45, 2.75) is 52.2 Å². The zero-order valence-corrected chi connectivity index (χ0v) is 11.6. The van der Waals surface area contributed by atoms with E-state index in [9.17, 15) is 0 Å². The summed E-state index contributed by atoms with van der Waals surface area (Å²) in [6.45, 7) is 12.0. The molecule has 1 aliphatic rings. The Morgan fingerprint density at radius 2 is 1.87 bits per heavy atom. The van der Waals surface area contributed by atoms with E-state index in [2.05, 4.69) is 46.0 Å². The first-order valence-electron chi connectivity index (χ1n) is 6.06. The van der Waals surface area contributed by atoms with Gasteiger partial charge in [0.05, 0.1) is 8.07 Å². The highest BCUT2D eigenvalue weighted by Gasteiger charge is 2.35. The minimum absolute atomic E-state index is 0.684. The fourth-order valence-corrected chi connectivity index (χ4v) is 6.35. The number of hydrogen-bond donors (Lipinski definition) is 0. The topological polar surface area (TPSA) is 0 Å². The average molecular weight is 218 g/mol. The molecule has 1 aliphatic heterocycles. The Hall–Kier alpha value is -0.563. The maximum Gasteiger partial charge on any atom is 0.0817 e. The second kappa shape index (κ2) is 3.48. The van der Waals surface area contributed by atoms with Crippen molar-refractivity contribution in [1.29, 1.82) is 0 Å². The van der Waals surface area contributed by atoms with Gasteiger partial charge in [0.2, 0.25) is 0 Å². The van der Waals surface area contributed by atoms with Gasteiger partial charge in [-0.3, -0.25) is 0 Å². The lowest BCUT2D eigenvalue weighted by Gasteiger charge is -2.23. The van der Waals surface area contributed by atoms with Gasteiger partial charge in [-0.15, -0.1) is 0 Å². The first kappa shape index (κ1) is 10.9. The van der Waals surface area contributed by atoms with E-state index in [1.54, 1.807) is 16.3 Å². The molecule has 0 amide bonds. The summed E-state index contributed by atoms with van der Waals surface area (Å²) in [5, 5.41) is 1.79. The van der Waals surface area contributed by atoms with Crippen LogP contribution in [0.4, 0.5) is 0 Å². The zero-order valence-electron chi connectivity index (χ0n) is 10.6. The van der Waals surface area contributed by atoms with E-state index in [0.29, 0.717) is 5.92 Å². The zero-order chi connectivity index (χ0) is 11.2. The van der Waals surface area contributed by atoms with Crippen LogP contribution in [0.2, 0.25) is 19.1 Å². The molecule has 0 aromatic heterocycles. The third-order valence-electron chi connectivity index (χ3n) is 3.88. The van der Waals surface area contributed by atoms with Gasteiger partial charge in [0.1, 0.15) is 0 Å². The van der Waals surface area contributed by atoms with Gasteiger partial charge in [-0.25, -0.2) is 0 Å². The molecule has 0 radical (unpaired) electrons. The standard InChI is InChI=1S/C14H22Si/c1-10(2)12-7-6-11(3)13-8-9-15(4,5)14(12)13/h6-7,10H,8-9H2,1-5H3. The molecule has 0 N–H and O–H groups in total. The van der Waals surface area contributed by atoms with Crippen LogP contribution in [0.25, 0.3) is 0 Å². The lowest BCUT2D eigenvalue weighted by atomic mass is 9.96. The maximum absolute atomic E-state index is 2.53. The summed E-state index contributed by atoms with van der Waals surface area (Å²) in [6.07, 6.45) is 1.33. The van der Waals surface area contributed by atoms with E-state index < -0.39 is 8.07 Å². The smallest absolute Gasteiger partial charge is 0.0654 e. The second-order valence-corrected chi connectivity index (χ2v) is 10.6. The normalized spacial score (nSPS) is 18.3. The third-order valence-corrected chi connectivity index (χ3v) is 7.32. The fraction of sp³-hybridized carbons (Fsp3) is 0.571. The maximum atomic E-state index is 2.53. The number of rotatable bonds is 1. The molecular weight excluding hydrogens is 196 g/mol. The second-order valence-electron chi connectivity index (χ2n) is 5.86. The third kappa shape index (κ3) is 1.67. The Morgan fingerprint density at radius 3 is 2.47 bits per heavy atom. The Bertz CT molecular complexity index is 389. The van der Waals surface area contributed by atoms with E-state index in [0.717, 1.165) is 0 Å². The lowest BCUT2D eigenvalue weighted by molar-refractivity contribution is 0.870. The van der Waals surface area contributed by atoms with E-state index in [1.807, 2.05) is 0 Å². The fourth-order valence-electron chi connectivity index (χ4n) is 2.94. The van der Waals surface area contributed by atoms with Crippen LogP contribution in [0.5, 0.6) is 0 Å². The largest absolute Gasteiger partial charge is 0.0817 e. The molecule has 1 heterocycles. The van der Waals surface area contributed by atoms with Crippen molar-refractivity contribution in [3.8, 4) is 0 Å². The highest BCUT2D eigenvalue weighted by molar-refractivity contribution is 6.91. The van der Waals surface area contributed by atoms with Gasteiger partial charge in [0.25, 0.3) is 0 Å². The van der Waals surface area contributed by atoms with Gasteiger partial charge < -0.3 is 0 Å². The van der Waals surface area contributed by atoms with Gasteiger partial charge in [-0.05, 0) is 42.0 Å². The average Bonchev–Trinajstić information content (AvgIpc) is 2.44. The first-order valence-corrected chi connectivity index (χ1v) is 9.27. The molecule has 0 nitrogen and oxygen atoms in total. The van der Waals surface area contributed by atoms with E-state index >= 15 is 0 Å². The van der Waals surface area contributed by atoms with E-state index in [-0.39, 0.29) is 0 Å². The predicted octanol–water partition coefficient (Wildman–Crippen LogP) is 3.59. The number of fused-ring (bicyclic) bond motifs is 1. The molecule has 1 aromatic carbocycles. The number of aryl methyl sites for hydroxylation is 1. The molecule has 82 valence electrons. The molecule has 1 aromatic rings. The highest BCUT2D eigenvalue weighted by Crippen LogP contribution is 2.30. The van der Waals surface area contributed by atoms with E-state index in [4.69, 9.17) is 0 Å². The molecule has 0 bridgehead atoms. The number of benzene rings is 1. The summed E-state index contributed by atoms with van der Waals surface area (Å²) >= 11 is 0. The van der Waals surface area contributed by atoms with E-state index in [1.165, 1.54) is 18.0 Å². The minimum atomic E-state index is -1.10. The van der Waals surface area contributed by atoms with Crippen molar-refractivity contribution in [2.75, 3.05) is 0 Å². The monoisotopic (exact) mass is 218 g/mol. The van der Waals surface area contributed by atoms with Crippen molar-refractivity contribution >= 4 is 13.3 Å². The predicted molar refractivity (Wildman–Crippen MR) is 70.9 cm³/mol. The van der Waals surface area contributed by atoms with Crippen LogP contribution in [-0.2, 0) is 6.42 Å². The Balaban J connectivity index is 2.67. The van der Waals surface area contributed by atoms with Gasteiger partial charge >= 0.3 is 0 Å². The summed E-state index contributed by atoms with van der Waals surface area (Å²) in [5.41, 5.74) is 4.84. The molecule has 15 heavy (non-hydrogen) atoms. The van der Waals surface area contributed by atoms with Crippen molar-refractivity contribution in [3.05, 3.63) is 28.8 Å². The van der Waals surface area contributed by atoms with Crippen LogP contribution in [0.15, 0.2) is 12.1 Å². The van der Waals surface area contributed by atoms with Crippen molar-refractivity contribution in [1.82, 2.24) is 0 Å². The van der Waals surface area contributed by atoms with Crippen molar-refractivity contribution in [2.24, 2.45) is 0 Å². The molecule has 0 unspecified atom stereocenters. The molecular formula is C14H22Si. The molecule has 0 saturated carbocycles. The Labute approximate surface area is 94.7 Å². The van der Waals surface area contributed by atoms with Crippen LogP contribution >= 0.6 is 0 Å². The Kier molecular flexibility index (Phi) is 2.54. The van der Waals surface area contributed by atoms with Crippen molar-refractivity contribution < 1.29 is 0 Å². The Morgan fingerprint density at radius 1 is 1.20 bits per heavy atom. The van der Waals surface area contributed by atoms with Crippen molar-refractivity contribution in [3.63, 3.8) is 0 Å². The summed E-state index contributed by atoms with van der Waals surface area (Å²) in [6, 6.07) is 6.15. The molecule has 0 atom stereocenters. The van der Waals surface area contributed by atoms with Gasteiger partial charge in [-0.2, -0.15) is 0 Å². The summed E-state index contributed by atoms with van der Waals surface area (Å²) in [5.74, 6) is 0.684. The molecule has 1 heteroatoms. The van der Waals surface area contributed by atoms with Crippen LogP contribution in [0.1, 0.15) is 36.5 Å². The summed E-state index contributed by atoms with van der Waals surface area (Å²) < 4.78 is 0. The first-order chi connectivity index (χ1) is 6.93. The van der Waals surface area contributed by atoms with Gasteiger partial charge in [0.15, 0.2) is 0 Å². The van der Waals surface area contributed by atoms with Gasteiger partial charge in [0, 0.05) is 0 Å². The number of hydrogen-bond acceptors (Lipinski definition) is 0. The molecule has 0 saturated heterocycles. The van der Waals surface area contributed by atoms with Crippen LogP contribution in [0.3, 0.4) is 0 Å². The molecule has 2 rings (SSSR count). The van der Waals surface area contributed by atoms with Gasteiger partial charge in [-0.1, -0.05) is 44.3 Å². The van der Waals surface area contributed by atoms with Crippen LogP contribution in [0, 0.1) is 6.92 Å². The molecule has 0 spiro atoms. The summed E-state index contributed by atoms with van der Waals surface area (Å²) in [7, 11) is -1.10. The molecule has 0 fully saturated rings.